The van der Waals surface area contributed by atoms with Gasteiger partial charge in [0.2, 0.25) is 15.9 Å². The standard InChI is InChI=1S/C19H18Cl4N2O3S/c20-14-4-3-13(16(22)8-14)11-29(27,28)25-7-1-2-12(10-25)19(26)24-18-6-5-15(21)9-17(18)23/h3-6,8-9,12H,1-2,7,10-11H2,(H,24,26)/t12-/m1/s1. The number of rotatable bonds is 5. The van der Waals surface area contributed by atoms with Crippen LogP contribution in [0.15, 0.2) is 36.4 Å². The van der Waals surface area contributed by atoms with Crippen LogP contribution in [0.5, 0.6) is 0 Å². The van der Waals surface area contributed by atoms with Crippen molar-refractivity contribution in [3.8, 4) is 0 Å². The lowest BCUT2D eigenvalue weighted by atomic mass is 9.99. The minimum Gasteiger partial charge on any atom is -0.324 e. The van der Waals surface area contributed by atoms with E-state index in [4.69, 9.17) is 46.4 Å². The number of sulfonamides is 1. The number of carbonyl (C=O) groups is 1. The van der Waals surface area contributed by atoms with Crippen molar-refractivity contribution in [1.82, 2.24) is 4.31 Å². The van der Waals surface area contributed by atoms with Crippen molar-refractivity contribution in [2.24, 2.45) is 5.92 Å². The van der Waals surface area contributed by atoms with E-state index in [2.05, 4.69) is 5.32 Å². The van der Waals surface area contributed by atoms with Gasteiger partial charge in [-0.05, 0) is 48.7 Å². The lowest BCUT2D eigenvalue weighted by Gasteiger charge is -2.31. The van der Waals surface area contributed by atoms with Gasteiger partial charge in [-0.2, -0.15) is 0 Å². The third-order valence-electron chi connectivity index (χ3n) is 4.69. The summed E-state index contributed by atoms with van der Waals surface area (Å²) in [4.78, 5) is 12.7. The van der Waals surface area contributed by atoms with E-state index >= 15 is 0 Å². The van der Waals surface area contributed by atoms with E-state index in [1.807, 2.05) is 0 Å². The number of benzene rings is 2. The predicted molar refractivity (Wildman–Crippen MR) is 118 cm³/mol. The second kappa shape index (κ2) is 9.41. The summed E-state index contributed by atoms with van der Waals surface area (Å²) >= 11 is 24.0. The molecule has 29 heavy (non-hydrogen) atoms. The van der Waals surface area contributed by atoms with E-state index in [0.29, 0.717) is 50.7 Å². The zero-order valence-corrected chi connectivity index (χ0v) is 19.0. The van der Waals surface area contributed by atoms with Gasteiger partial charge in [0.1, 0.15) is 0 Å². The molecule has 1 amide bonds. The van der Waals surface area contributed by atoms with Crippen LogP contribution in [-0.4, -0.2) is 31.7 Å². The molecule has 1 N–H and O–H groups in total. The molecule has 0 bridgehead atoms. The second-order valence-corrected chi connectivity index (χ2v) is 10.5. The molecule has 0 radical (unpaired) electrons. The van der Waals surface area contributed by atoms with Crippen molar-refractivity contribution < 1.29 is 13.2 Å². The number of halogens is 4. The van der Waals surface area contributed by atoms with E-state index < -0.39 is 15.9 Å². The highest BCUT2D eigenvalue weighted by atomic mass is 35.5. The maximum absolute atomic E-state index is 12.9. The summed E-state index contributed by atoms with van der Waals surface area (Å²) in [6.45, 7) is 0.462. The van der Waals surface area contributed by atoms with Crippen LogP contribution in [0.1, 0.15) is 18.4 Å². The Bertz CT molecular complexity index is 1030. The Morgan fingerprint density at radius 3 is 2.34 bits per heavy atom. The van der Waals surface area contributed by atoms with Gasteiger partial charge in [0.15, 0.2) is 0 Å². The van der Waals surface area contributed by atoms with Crippen molar-refractivity contribution in [2.45, 2.75) is 18.6 Å². The number of piperidine rings is 1. The first-order chi connectivity index (χ1) is 13.7. The van der Waals surface area contributed by atoms with E-state index in [1.54, 1.807) is 24.3 Å². The minimum atomic E-state index is -3.64. The van der Waals surface area contributed by atoms with Crippen LogP contribution >= 0.6 is 46.4 Å². The topological polar surface area (TPSA) is 66.5 Å². The molecule has 10 heteroatoms. The number of hydrogen-bond donors (Lipinski definition) is 1. The Hall–Kier alpha value is -1.02. The summed E-state index contributed by atoms with van der Waals surface area (Å²) in [5.41, 5.74) is 0.907. The number of nitrogens with one attached hydrogen (secondary N) is 1. The SMILES string of the molecule is O=C(Nc1ccc(Cl)cc1Cl)[C@@H]1CCCN(S(=O)(=O)Cc2ccc(Cl)cc2Cl)C1. The van der Waals surface area contributed by atoms with Crippen LogP contribution in [0.4, 0.5) is 5.69 Å². The number of nitrogens with zero attached hydrogens (tertiary/aromatic N) is 1. The molecule has 0 unspecified atom stereocenters. The van der Waals surface area contributed by atoms with Crippen LogP contribution in [0.2, 0.25) is 20.1 Å². The summed E-state index contributed by atoms with van der Waals surface area (Å²) in [7, 11) is -3.64. The maximum Gasteiger partial charge on any atom is 0.228 e. The van der Waals surface area contributed by atoms with Crippen molar-refractivity contribution in [3.05, 3.63) is 62.1 Å². The molecule has 1 aliphatic rings. The molecule has 1 heterocycles. The predicted octanol–water partition coefficient (Wildman–Crippen LogP) is 5.48. The fourth-order valence-corrected chi connectivity index (χ4v) is 5.81. The number of amides is 1. The molecule has 0 saturated carbocycles. The number of anilines is 1. The van der Waals surface area contributed by atoms with Gasteiger partial charge in [0, 0.05) is 28.2 Å². The summed E-state index contributed by atoms with van der Waals surface area (Å²) in [6, 6.07) is 9.47. The molecule has 3 rings (SSSR count). The Labute approximate surface area is 189 Å². The minimum absolute atomic E-state index is 0.102. The van der Waals surface area contributed by atoms with Gasteiger partial charge in [-0.15, -0.1) is 0 Å². The smallest absolute Gasteiger partial charge is 0.228 e. The zero-order chi connectivity index (χ0) is 21.2. The van der Waals surface area contributed by atoms with Crippen LogP contribution in [0, 0.1) is 5.92 Å². The first kappa shape index (κ1) is 22.7. The van der Waals surface area contributed by atoms with E-state index in [0.717, 1.165) is 0 Å². The highest BCUT2D eigenvalue weighted by Gasteiger charge is 2.33. The molecule has 156 valence electrons. The highest BCUT2D eigenvalue weighted by Crippen LogP contribution is 2.29. The molecule has 1 aliphatic heterocycles. The van der Waals surface area contributed by atoms with Crippen molar-refractivity contribution >= 4 is 68.0 Å². The first-order valence-electron chi connectivity index (χ1n) is 8.83. The average Bonchev–Trinajstić information content (AvgIpc) is 2.66. The van der Waals surface area contributed by atoms with E-state index in [9.17, 15) is 13.2 Å². The highest BCUT2D eigenvalue weighted by molar-refractivity contribution is 7.88. The molecule has 1 fully saturated rings. The molecule has 1 atom stereocenters. The summed E-state index contributed by atoms with van der Waals surface area (Å²) in [5, 5.41) is 4.27. The van der Waals surface area contributed by atoms with Gasteiger partial charge in [0.25, 0.3) is 0 Å². The molecular weight excluding hydrogens is 478 g/mol. The molecule has 0 aliphatic carbocycles. The third kappa shape index (κ3) is 5.78. The maximum atomic E-state index is 12.9. The summed E-state index contributed by atoms with van der Waals surface area (Å²) < 4.78 is 27.1. The lowest BCUT2D eigenvalue weighted by Crippen LogP contribution is -2.44. The van der Waals surface area contributed by atoms with Crippen LogP contribution in [-0.2, 0) is 20.6 Å². The second-order valence-electron chi connectivity index (χ2n) is 6.80. The van der Waals surface area contributed by atoms with Gasteiger partial charge in [0.05, 0.1) is 22.4 Å². The Kier molecular flexibility index (Phi) is 7.36. The summed E-state index contributed by atoms with van der Waals surface area (Å²) in [6.07, 6.45) is 1.17. The lowest BCUT2D eigenvalue weighted by molar-refractivity contribution is -0.120. The van der Waals surface area contributed by atoms with E-state index in [1.165, 1.54) is 16.4 Å². The van der Waals surface area contributed by atoms with Crippen molar-refractivity contribution in [2.75, 3.05) is 18.4 Å². The average molecular weight is 496 g/mol. The van der Waals surface area contributed by atoms with Gasteiger partial charge < -0.3 is 5.32 Å². The Balaban J connectivity index is 1.69. The molecule has 0 aromatic heterocycles. The van der Waals surface area contributed by atoms with Crippen LogP contribution in [0.3, 0.4) is 0 Å². The molecule has 0 spiro atoms. The van der Waals surface area contributed by atoms with Gasteiger partial charge in [-0.3, -0.25) is 4.79 Å². The fourth-order valence-electron chi connectivity index (χ4n) is 3.16. The molecule has 1 saturated heterocycles. The molecular formula is C19H18Cl4N2O3S. The Morgan fingerprint density at radius 2 is 1.69 bits per heavy atom. The number of hydrogen-bond acceptors (Lipinski definition) is 3. The largest absolute Gasteiger partial charge is 0.324 e. The summed E-state index contributed by atoms with van der Waals surface area (Å²) in [5.74, 6) is -1.01. The van der Waals surface area contributed by atoms with E-state index in [-0.39, 0.29) is 18.2 Å². The Morgan fingerprint density at radius 1 is 1.03 bits per heavy atom. The fraction of sp³-hybridized carbons (Fsp3) is 0.316. The quantitative estimate of drug-likeness (QED) is 0.597. The molecule has 5 nitrogen and oxygen atoms in total. The molecule has 2 aromatic carbocycles. The van der Waals surface area contributed by atoms with Gasteiger partial charge >= 0.3 is 0 Å². The van der Waals surface area contributed by atoms with Crippen molar-refractivity contribution in [3.63, 3.8) is 0 Å². The first-order valence-corrected chi connectivity index (χ1v) is 12.0. The monoisotopic (exact) mass is 494 g/mol. The van der Waals surface area contributed by atoms with Crippen LogP contribution < -0.4 is 5.32 Å². The van der Waals surface area contributed by atoms with Crippen molar-refractivity contribution in [1.29, 1.82) is 0 Å². The third-order valence-corrected chi connectivity index (χ3v) is 7.62. The van der Waals surface area contributed by atoms with Crippen LogP contribution in [0.25, 0.3) is 0 Å². The molecule has 2 aromatic rings. The normalized spacial score (nSPS) is 17.9. The van der Waals surface area contributed by atoms with Gasteiger partial charge in [-0.25, -0.2) is 12.7 Å². The zero-order valence-electron chi connectivity index (χ0n) is 15.2. The van der Waals surface area contributed by atoms with Gasteiger partial charge in [-0.1, -0.05) is 52.5 Å². The number of carbonyl (C=O) groups excluding carboxylic acids is 1.